The predicted molar refractivity (Wildman–Crippen MR) is 88.6 cm³/mol. The summed E-state index contributed by atoms with van der Waals surface area (Å²) in [6.45, 7) is 8.69. The van der Waals surface area contributed by atoms with Gasteiger partial charge in [0.05, 0.1) is 4.47 Å². The smallest absolute Gasteiger partial charge is 0.137 e. The van der Waals surface area contributed by atoms with E-state index in [9.17, 15) is 4.39 Å². The first-order valence-corrected chi connectivity index (χ1v) is 8.51. The zero-order valence-corrected chi connectivity index (χ0v) is 14.5. The number of hydrogen-bond acceptors (Lipinski definition) is 1. The molecule has 0 aliphatic heterocycles. The highest BCUT2D eigenvalue weighted by Crippen LogP contribution is 2.33. The van der Waals surface area contributed by atoms with Gasteiger partial charge in [0.1, 0.15) is 5.82 Å². The summed E-state index contributed by atoms with van der Waals surface area (Å²) in [4.78, 5) is 0. The molecule has 0 heterocycles. The number of unbranched alkanes of at least 4 members (excludes halogenated alkanes) is 1. The van der Waals surface area contributed by atoms with E-state index in [4.69, 9.17) is 0 Å². The Morgan fingerprint density at radius 1 is 1.25 bits per heavy atom. The van der Waals surface area contributed by atoms with E-state index >= 15 is 0 Å². The first-order valence-electron chi connectivity index (χ1n) is 7.71. The Balaban J connectivity index is 2.87. The third-order valence-electron chi connectivity index (χ3n) is 4.12. The molecule has 0 aliphatic rings. The van der Waals surface area contributed by atoms with E-state index in [2.05, 4.69) is 42.0 Å². The van der Waals surface area contributed by atoms with Gasteiger partial charge >= 0.3 is 0 Å². The van der Waals surface area contributed by atoms with Crippen LogP contribution in [-0.2, 0) is 6.42 Å². The molecule has 1 N–H and O–H groups in total. The summed E-state index contributed by atoms with van der Waals surface area (Å²) in [6.07, 6.45) is 5.86. The minimum absolute atomic E-state index is 0.184. The molecule has 1 atom stereocenters. The van der Waals surface area contributed by atoms with Crippen molar-refractivity contribution < 1.29 is 4.39 Å². The molecule has 0 fully saturated rings. The van der Waals surface area contributed by atoms with Gasteiger partial charge in [-0.15, -0.1) is 0 Å². The first kappa shape index (κ1) is 17.6. The zero-order valence-electron chi connectivity index (χ0n) is 12.9. The lowest BCUT2D eigenvalue weighted by atomic mass is 9.75. The van der Waals surface area contributed by atoms with Crippen molar-refractivity contribution >= 4 is 15.9 Å². The molecule has 0 aliphatic carbocycles. The van der Waals surface area contributed by atoms with Gasteiger partial charge in [-0.3, -0.25) is 0 Å². The lowest BCUT2D eigenvalue weighted by Crippen LogP contribution is -2.36. The third-order valence-corrected chi connectivity index (χ3v) is 4.73. The van der Waals surface area contributed by atoms with Gasteiger partial charge in [-0.2, -0.15) is 0 Å². The molecule has 0 spiro atoms. The van der Waals surface area contributed by atoms with Crippen LogP contribution in [0.4, 0.5) is 4.39 Å². The van der Waals surface area contributed by atoms with Crippen LogP contribution >= 0.6 is 15.9 Å². The molecule has 0 aromatic heterocycles. The second-order valence-electron chi connectivity index (χ2n) is 5.66. The van der Waals surface area contributed by atoms with Crippen LogP contribution in [0, 0.1) is 11.2 Å². The molecule has 1 rings (SSSR count). The van der Waals surface area contributed by atoms with Crippen LogP contribution in [0.2, 0.25) is 0 Å². The third kappa shape index (κ3) is 5.17. The van der Waals surface area contributed by atoms with Crippen LogP contribution in [0.1, 0.15) is 52.0 Å². The van der Waals surface area contributed by atoms with Crippen LogP contribution < -0.4 is 5.32 Å². The Morgan fingerprint density at radius 3 is 2.55 bits per heavy atom. The van der Waals surface area contributed by atoms with E-state index < -0.39 is 0 Å². The maximum Gasteiger partial charge on any atom is 0.137 e. The van der Waals surface area contributed by atoms with E-state index in [1.54, 1.807) is 6.07 Å². The fourth-order valence-electron chi connectivity index (χ4n) is 2.69. The summed E-state index contributed by atoms with van der Waals surface area (Å²) >= 11 is 3.29. The highest BCUT2D eigenvalue weighted by atomic mass is 79.9. The van der Waals surface area contributed by atoms with E-state index in [1.165, 1.54) is 24.8 Å². The van der Waals surface area contributed by atoms with Gasteiger partial charge in [0.15, 0.2) is 0 Å². The summed E-state index contributed by atoms with van der Waals surface area (Å²) in [5.41, 5.74) is 1.50. The highest BCUT2D eigenvalue weighted by Gasteiger charge is 2.27. The van der Waals surface area contributed by atoms with Crippen molar-refractivity contribution in [2.45, 2.75) is 52.9 Å². The van der Waals surface area contributed by atoms with E-state index in [0.29, 0.717) is 4.47 Å². The van der Waals surface area contributed by atoms with Crippen LogP contribution in [0.3, 0.4) is 0 Å². The zero-order chi connectivity index (χ0) is 15.0. The SMILES string of the molecule is CCCCC(CC)(CNCC)Cc1ccc(F)c(Br)c1. The van der Waals surface area contributed by atoms with Crippen LogP contribution in [0.15, 0.2) is 22.7 Å². The van der Waals surface area contributed by atoms with Crippen LogP contribution in [0.25, 0.3) is 0 Å². The number of halogens is 2. The number of hydrogen-bond donors (Lipinski definition) is 1. The molecular formula is C17H27BrFN. The van der Waals surface area contributed by atoms with Crippen molar-refractivity contribution in [2.24, 2.45) is 5.41 Å². The molecule has 0 saturated heterocycles. The normalized spacial score (nSPS) is 14.2. The maximum absolute atomic E-state index is 13.4. The summed E-state index contributed by atoms with van der Waals surface area (Å²) in [6, 6.07) is 5.41. The quantitative estimate of drug-likeness (QED) is 0.639. The van der Waals surface area contributed by atoms with Crippen LogP contribution in [-0.4, -0.2) is 13.1 Å². The topological polar surface area (TPSA) is 12.0 Å². The Bertz CT molecular complexity index is 398. The molecule has 0 bridgehead atoms. The fourth-order valence-corrected chi connectivity index (χ4v) is 3.12. The first-order chi connectivity index (χ1) is 9.56. The standard InChI is InChI=1S/C17H27BrFN/c1-4-7-10-17(5-2,13-20-6-3)12-14-8-9-16(19)15(18)11-14/h8-9,11,20H,4-7,10,12-13H2,1-3H3. The molecular weight excluding hydrogens is 317 g/mol. The molecule has 1 aromatic rings. The molecule has 1 aromatic carbocycles. The molecule has 20 heavy (non-hydrogen) atoms. The Kier molecular flexibility index (Phi) is 7.75. The van der Waals surface area contributed by atoms with Gasteiger partial charge in [0.2, 0.25) is 0 Å². The summed E-state index contributed by atoms with van der Waals surface area (Å²) in [7, 11) is 0. The Hall–Kier alpha value is -0.410. The van der Waals surface area contributed by atoms with Crippen molar-refractivity contribution in [2.75, 3.05) is 13.1 Å². The van der Waals surface area contributed by atoms with E-state index in [1.807, 2.05) is 12.1 Å². The average Bonchev–Trinajstić information content (AvgIpc) is 2.46. The monoisotopic (exact) mass is 343 g/mol. The van der Waals surface area contributed by atoms with Crippen molar-refractivity contribution in [1.29, 1.82) is 0 Å². The van der Waals surface area contributed by atoms with Gasteiger partial charge in [0.25, 0.3) is 0 Å². The molecule has 0 saturated carbocycles. The lowest BCUT2D eigenvalue weighted by Gasteiger charge is -2.33. The van der Waals surface area contributed by atoms with Crippen molar-refractivity contribution in [3.8, 4) is 0 Å². The second-order valence-corrected chi connectivity index (χ2v) is 6.52. The molecule has 114 valence electrons. The molecule has 0 radical (unpaired) electrons. The number of nitrogens with one attached hydrogen (secondary N) is 1. The summed E-state index contributed by atoms with van der Waals surface area (Å²) in [5.74, 6) is -0.184. The Morgan fingerprint density at radius 2 is 2.00 bits per heavy atom. The van der Waals surface area contributed by atoms with Gasteiger partial charge in [-0.05, 0) is 64.8 Å². The Labute approximate surface area is 131 Å². The molecule has 3 heteroatoms. The predicted octanol–water partition coefficient (Wildman–Crippen LogP) is 5.33. The molecule has 1 unspecified atom stereocenters. The highest BCUT2D eigenvalue weighted by molar-refractivity contribution is 9.10. The minimum Gasteiger partial charge on any atom is -0.316 e. The largest absolute Gasteiger partial charge is 0.316 e. The second kappa shape index (κ2) is 8.78. The fraction of sp³-hybridized carbons (Fsp3) is 0.647. The lowest BCUT2D eigenvalue weighted by molar-refractivity contribution is 0.230. The number of rotatable bonds is 9. The van der Waals surface area contributed by atoms with Crippen molar-refractivity contribution in [3.63, 3.8) is 0 Å². The molecule has 0 amide bonds. The maximum atomic E-state index is 13.4. The van der Waals surface area contributed by atoms with Crippen LogP contribution in [0.5, 0.6) is 0 Å². The van der Waals surface area contributed by atoms with Crippen molar-refractivity contribution in [3.05, 3.63) is 34.1 Å². The van der Waals surface area contributed by atoms with E-state index in [-0.39, 0.29) is 11.2 Å². The van der Waals surface area contributed by atoms with Gasteiger partial charge in [-0.25, -0.2) is 4.39 Å². The minimum atomic E-state index is -0.184. The van der Waals surface area contributed by atoms with Crippen molar-refractivity contribution in [1.82, 2.24) is 5.32 Å². The summed E-state index contributed by atoms with van der Waals surface area (Å²) in [5, 5.41) is 3.51. The van der Waals surface area contributed by atoms with E-state index in [0.717, 1.165) is 25.9 Å². The number of benzene rings is 1. The average molecular weight is 344 g/mol. The van der Waals surface area contributed by atoms with Gasteiger partial charge in [0, 0.05) is 6.54 Å². The molecule has 1 nitrogen and oxygen atoms in total. The van der Waals surface area contributed by atoms with Gasteiger partial charge < -0.3 is 5.32 Å². The summed E-state index contributed by atoms with van der Waals surface area (Å²) < 4.78 is 13.9. The van der Waals surface area contributed by atoms with Gasteiger partial charge in [-0.1, -0.05) is 39.7 Å².